The van der Waals surface area contributed by atoms with E-state index in [2.05, 4.69) is 15.0 Å². The number of amides is 1. The number of rotatable bonds is 12. The minimum atomic E-state index is -2.89. The van der Waals surface area contributed by atoms with Crippen LogP contribution in [0.5, 0.6) is 5.75 Å². The molecule has 1 heterocycles. The molecule has 0 aliphatic heterocycles. The first-order valence-corrected chi connectivity index (χ1v) is 11.3. The fourth-order valence-corrected chi connectivity index (χ4v) is 3.98. The van der Waals surface area contributed by atoms with Crippen molar-refractivity contribution in [3.8, 4) is 5.75 Å². The molecule has 0 saturated carbocycles. The normalized spacial score (nSPS) is 13.3. The van der Waals surface area contributed by atoms with Crippen molar-refractivity contribution in [3.05, 3.63) is 60.0 Å². The summed E-state index contributed by atoms with van der Waals surface area (Å²) in [4.78, 5) is 16.4. The second-order valence-corrected chi connectivity index (χ2v) is 8.11. The van der Waals surface area contributed by atoms with Gasteiger partial charge in [0.15, 0.2) is 5.58 Å². The van der Waals surface area contributed by atoms with E-state index in [1.165, 1.54) is 17.8 Å². The van der Waals surface area contributed by atoms with E-state index in [9.17, 15) is 18.7 Å². The Labute approximate surface area is 188 Å². The van der Waals surface area contributed by atoms with E-state index in [1.54, 1.807) is 30.3 Å². The highest BCUT2D eigenvalue weighted by molar-refractivity contribution is 7.98. The van der Waals surface area contributed by atoms with E-state index >= 15 is 0 Å². The van der Waals surface area contributed by atoms with Crippen molar-refractivity contribution in [3.63, 3.8) is 0 Å². The number of ether oxygens (including phenoxy) is 1. The average molecular weight is 466 g/mol. The number of aliphatic hydroxyl groups excluding tert-OH is 1. The third-order valence-corrected chi connectivity index (χ3v) is 5.74. The number of benzene rings is 2. The molecular weight excluding hydrogens is 440 g/mol. The van der Waals surface area contributed by atoms with Gasteiger partial charge in [0.05, 0.1) is 6.04 Å². The van der Waals surface area contributed by atoms with Crippen LogP contribution in [0.3, 0.4) is 0 Å². The Bertz CT molecular complexity index is 985. The molecule has 2 atom stereocenters. The number of hydrogen-bond acceptors (Lipinski definition) is 7. The highest BCUT2D eigenvalue weighted by Gasteiger charge is 2.17. The molecule has 0 fully saturated rings. The number of aromatic nitrogens is 1. The molecular formula is C22H25F2N3O4S. The molecule has 4 N–H and O–H groups in total. The number of carbonyl (C=O) groups is 1. The van der Waals surface area contributed by atoms with Crippen LogP contribution in [0.2, 0.25) is 0 Å². The highest BCUT2D eigenvalue weighted by Crippen LogP contribution is 2.25. The van der Waals surface area contributed by atoms with Gasteiger partial charge in [-0.25, -0.2) is 4.98 Å². The predicted octanol–water partition coefficient (Wildman–Crippen LogP) is 3.62. The van der Waals surface area contributed by atoms with E-state index in [0.717, 1.165) is 0 Å². The van der Waals surface area contributed by atoms with Gasteiger partial charge in [-0.3, -0.25) is 4.79 Å². The number of alkyl halides is 2. The molecule has 1 amide bonds. The van der Waals surface area contributed by atoms with Gasteiger partial charge >= 0.3 is 6.61 Å². The average Bonchev–Trinajstić information content (AvgIpc) is 3.21. The molecule has 0 aliphatic rings. The molecule has 32 heavy (non-hydrogen) atoms. The second kappa shape index (κ2) is 11.8. The third-order valence-electron chi connectivity index (χ3n) is 4.63. The number of hydrogen-bond donors (Lipinski definition) is 3. The van der Waals surface area contributed by atoms with E-state index < -0.39 is 18.8 Å². The maximum atomic E-state index is 12.5. The number of nitrogens with zero attached hydrogens (tertiary/aromatic N) is 1. The number of carbonyl (C=O) groups excluding carboxylic acids is 1. The first-order chi connectivity index (χ1) is 15.4. The zero-order valence-electron chi connectivity index (χ0n) is 17.2. The lowest BCUT2D eigenvalue weighted by Gasteiger charge is -2.14. The molecule has 1 aromatic heterocycles. The second-order valence-electron chi connectivity index (χ2n) is 7.08. The summed E-state index contributed by atoms with van der Waals surface area (Å²) in [6, 6.07) is 13.0. The van der Waals surface area contributed by atoms with E-state index in [4.69, 9.17) is 10.2 Å². The minimum absolute atomic E-state index is 0.116. The number of para-hydroxylation sites is 3. The number of aliphatic hydroxyl groups is 1. The van der Waals surface area contributed by atoms with Gasteiger partial charge in [-0.1, -0.05) is 30.3 Å². The van der Waals surface area contributed by atoms with Crippen LogP contribution in [0.15, 0.2) is 52.9 Å². The maximum Gasteiger partial charge on any atom is 0.387 e. The van der Waals surface area contributed by atoms with Crippen molar-refractivity contribution >= 4 is 28.8 Å². The number of thioether (sulfide) groups is 1. The van der Waals surface area contributed by atoms with Gasteiger partial charge < -0.3 is 25.3 Å². The molecule has 3 aromatic rings. The quantitative estimate of drug-likeness (QED) is 0.350. The van der Waals surface area contributed by atoms with Crippen molar-refractivity contribution in [2.75, 3.05) is 12.3 Å². The standard InChI is InChI=1S/C22H25F2N3O4S/c23-22(24)31-18-9-3-1-6-14(18)12-32-13-15(25)20(29)26-11-5-8-17(28)21-27-16-7-2-4-10-19(16)30-21/h1-4,6-7,9-10,15,17,22,28H,5,8,11-13,25H2,(H,26,29)/t15-,17?/m0/s1. The third kappa shape index (κ3) is 6.91. The van der Waals surface area contributed by atoms with Crippen molar-refractivity contribution in [2.45, 2.75) is 37.4 Å². The molecule has 0 aliphatic carbocycles. The number of halogens is 2. The molecule has 0 saturated heterocycles. The van der Waals surface area contributed by atoms with Gasteiger partial charge in [0.2, 0.25) is 11.8 Å². The monoisotopic (exact) mass is 465 g/mol. The number of nitrogens with two attached hydrogens (primary N) is 1. The Balaban J connectivity index is 1.35. The number of fused-ring (bicyclic) bond motifs is 1. The van der Waals surface area contributed by atoms with Crippen LogP contribution in [0.25, 0.3) is 11.1 Å². The largest absolute Gasteiger partial charge is 0.438 e. The first-order valence-electron chi connectivity index (χ1n) is 10.1. The van der Waals surface area contributed by atoms with Gasteiger partial charge in [0.1, 0.15) is 17.4 Å². The van der Waals surface area contributed by atoms with Gasteiger partial charge in [0, 0.05) is 23.6 Å². The van der Waals surface area contributed by atoms with Crippen molar-refractivity contribution in [2.24, 2.45) is 5.73 Å². The van der Waals surface area contributed by atoms with Crippen LogP contribution >= 0.6 is 11.8 Å². The van der Waals surface area contributed by atoms with Crippen LogP contribution in [0, 0.1) is 0 Å². The van der Waals surface area contributed by atoms with Gasteiger partial charge in [-0.2, -0.15) is 20.5 Å². The van der Waals surface area contributed by atoms with Gasteiger partial charge in [-0.15, -0.1) is 0 Å². The Morgan fingerprint density at radius 1 is 1.22 bits per heavy atom. The van der Waals surface area contributed by atoms with Gasteiger partial charge in [-0.05, 0) is 31.0 Å². The summed E-state index contributed by atoms with van der Waals surface area (Å²) in [5.41, 5.74) is 7.82. The zero-order chi connectivity index (χ0) is 22.9. The number of oxazole rings is 1. The Morgan fingerprint density at radius 3 is 2.75 bits per heavy atom. The van der Waals surface area contributed by atoms with E-state index in [0.29, 0.717) is 47.6 Å². The maximum absolute atomic E-state index is 12.5. The fraction of sp³-hybridized carbons (Fsp3) is 0.364. The summed E-state index contributed by atoms with van der Waals surface area (Å²) in [5, 5.41) is 13.0. The summed E-state index contributed by atoms with van der Waals surface area (Å²) in [6.45, 7) is -2.55. The molecule has 0 bridgehead atoms. The SMILES string of the molecule is N[C@@H](CSCc1ccccc1OC(F)F)C(=O)NCCCC(O)c1nc2ccccc2o1. The smallest absolute Gasteiger partial charge is 0.387 e. The van der Waals surface area contributed by atoms with Crippen molar-refractivity contribution in [1.29, 1.82) is 0 Å². The lowest BCUT2D eigenvalue weighted by Crippen LogP contribution is -2.42. The van der Waals surface area contributed by atoms with Crippen LogP contribution in [-0.2, 0) is 10.5 Å². The van der Waals surface area contributed by atoms with E-state index in [-0.39, 0.29) is 17.5 Å². The Kier molecular flexibility index (Phi) is 8.83. The Hall–Kier alpha value is -2.69. The Morgan fingerprint density at radius 2 is 1.97 bits per heavy atom. The summed E-state index contributed by atoms with van der Waals surface area (Å²) in [7, 11) is 0. The molecule has 10 heteroatoms. The molecule has 0 spiro atoms. The highest BCUT2D eigenvalue weighted by atomic mass is 32.2. The lowest BCUT2D eigenvalue weighted by atomic mass is 10.2. The summed E-state index contributed by atoms with van der Waals surface area (Å²) < 4.78 is 35.0. The fourth-order valence-electron chi connectivity index (χ4n) is 3.00. The molecule has 1 unspecified atom stereocenters. The molecule has 172 valence electrons. The lowest BCUT2D eigenvalue weighted by molar-refractivity contribution is -0.121. The predicted molar refractivity (Wildman–Crippen MR) is 118 cm³/mol. The van der Waals surface area contributed by atoms with Crippen molar-refractivity contribution in [1.82, 2.24) is 10.3 Å². The number of nitrogens with one attached hydrogen (secondary N) is 1. The summed E-state index contributed by atoms with van der Waals surface area (Å²) in [6.07, 6.45) is 0.0287. The van der Waals surface area contributed by atoms with Crippen LogP contribution < -0.4 is 15.8 Å². The van der Waals surface area contributed by atoms with Crippen molar-refractivity contribution < 1.29 is 27.8 Å². The van der Waals surface area contributed by atoms with Crippen LogP contribution in [0.4, 0.5) is 8.78 Å². The van der Waals surface area contributed by atoms with Crippen LogP contribution in [-0.4, -0.2) is 40.9 Å². The minimum Gasteiger partial charge on any atom is -0.438 e. The molecule has 0 radical (unpaired) electrons. The zero-order valence-corrected chi connectivity index (χ0v) is 18.1. The van der Waals surface area contributed by atoms with Gasteiger partial charge in [0.25, 0.3) is 0 Å². The molecule has 2 aromatic carbocycles. The topological polar surface area (TPSA) is 111 Å². The molecule has 3 rings (SSSR count). The first kappa shape index (κ1) is 24.0. The summed E-state index contributed by atoms with van der Waals surface area (Å²) >= 11 is 1.36. The van der Waals surface area contributed by atoms with Crippen LogP contribution in [0.1, 0.15) is 30.4 Å². The molecule has 7 nitrogen and oxygen atoms in total. The summed E-state index contributed by atoms with van der Waals surface area (Å²) in [5.74, 6) is 0.763. The van der Waals surface area contributed by atoms with E-state index in [1.807, 2.05) is 12.1 Å².